The van der Waals surface area contributed by atoms with Crippen LogP contribution in [0.4, 0.5) is 4.39 Å². The molecule has 0 bridgehead atoms. The van der Waals surface area contributed by atoms with Gasteiger partial charge in [-0.15, -0.1) is 23.2 Å². The van der Waals surface area contributed by atoms with Gasteiger partial charge in [-0.1, -0.05) is 36.4 Å². The summed E-state index contributed by atoms with van der Waals surface area (Å²) in [5.74, 6) is -0.0256. The Bertz CT molecular complexity index is 838. The molecule has 1 N–H and O–H groups in total. The maximum Gasteiger partial charge on any atom is 0.123 e. The number of piperazine rings is 1. The summed E-state index contributed by atoms with van der Waals surface area (Å²) in [6.45, 7) is 4.39. The number of alkyl halides is 2. The van der Waals surface area contributed by atoms with Crippen molar-refractivity contribution in [3.63, 3.8) is 0 Å². The lowest BCUT2D eigenvalue weighted by atomic mass is 9.62. The quantitative estimate of drug-likeness (QED) is 0.544. The SMILES string of the molecule is CN1C(Cl)C(Cl)NC(c2ccc(F)cc2)(C2CCc3ccccc32)C1(C)C. The number of benzene rings is 2. The Kier molecular flexibility index (Phi) is 4.79. The average molecular weight is 407 g/mol. The van der Waals surface area contributed by atoms with Gasteiger partial charge in [-0.2, -0.15) is 0 Å². The molecule has 0 amide bonds. The second-order valence-corrected chi connectivity index (χ2v) is 9.11. The molecule has 1 aliphatic heterocycles. The number of fused-ring (bicyclic) bond motifs is 1. The van der Waals surface area contributed by atoms with Crippen LogP contribution in [0.25, 0.3) is 0 Å². The van der Waals surface area contributed by atoms with Crippen molar-refractivity contribution in [1.29, 1.82) is 0 Å². The van der Waals surface area contributed by atoms with Crippen molar-refractivity contribution >= 4 is 23.2 Å². The van der Waals surface area contributed by atoms with Gasteiger partial charge in [0.05, 0.1) is 5.54 Å². The van der Waals surface area contributed by atoms with Crippen LogP contribution in [0.2, 0.25) is 0 Å². The molecule has 4 atom stereocenters. The first-order valence-electron chi connectivity index (χ1n) is 9.41. The van der Waals surface area contributed by atoms with Crippen LogP contribution in [-0.4, -0.2) is 28.5 Å². The van der Waals surface area contributed by atoms with E-state index < -0.39 is 11.0 Å². The highest BCUT2D eigenvalue weighted by Crippen LogP contribution is 2.55. The number of hydrogen-bond donors (Lipinski definition) is 1. The summed E-state index contributed by atoms with van der Waals surface area (Å²) in [6, 6.07) is 15.4. The van der Waals surface area contributed by atoms with Crippen molar-refractivity contribution in [2.45, 2.75) is 54.7 Å². The number of halogens is 3. The zero-order chi connectivity index (χ0) is 19.4. The van der Waals surface area contributed by atoms with Gasteiger partial charge >= 0.3 is 0 Å². The molecule has 1 fully saturated rings. The Labute approximate surface area is 170 Å². The fourth-order valence-corrected chi connectivity index (χ4v) is 5.78. The summed E-state index contributed by atoms with van der Waals surface area (Å²) in [4.78, 5) is 2.15. The molecular weight excluding hydrogens is 382 g/mol. The molecular formula is C22H25Cl2FN2. The van der Waals surface area contributed by atoms with Crippen molar-refractivity contribution in [2.75, 3.05) is 7.05 Å². The molecule has 1 aliphatic carbocycles. The number of aryl methyl sites for hydroxylation is 1. The monoisotopic (exact) mass is 406 g/mol. The van der Waals surface area contributed by atoms with Gasteiger partial charge in [-0.25, -0.2) is 4.39 Å². The largest absolute Gasteiger partial charge is 0.287 e. The number of rotatable bonds is 2. The van der Waals surface area contributed by atoms with Gasteiger partial charge in [-0.3, -0.25) is 10.2 Å². The van der Waals surface area contributed by atoms with Crippen molar-refractivity contribution < 1.29 is 4.39 Å². The number of likely N-dealkylation sites (N-methyl/N-ethyl adjacent to an activating group) is 1. The number of hydrogen-bond acceptors (Lipinski definition) is 2. The smallest absolute Gasteiger partial charge is 0.123 e. The first-order valence-corrected chi connectivity index (χ1v) is 10.3. The third kappa shape index (κ3) is 2.74. The molecule has 5 heteroatoms. The van der Waals surface area contributed by atoms with Crippen LogP contribution in [0.3, 0.4) is 0 Å². The summed E-state index contributed by atoms with van der Waals surface area (Å²) in [5.41, 5.74) is 2.13. The fraction of sp³-hybridized carbons (Fsp3) is 0.455. The Morgan fingerprint density at radius 1 is 1.07 bits per heavy atom. The van der Waals surface area contributed by atoms with E-state index in [0.29, 0.717) is 0 Å². The van der Waals surface area contributed by atoms with Gasteiger partial charge in [0.15, 0.2) is 0 Å². The minimum absolute atomic E-state index is 0.210. The standard InChI is InChI=1S/C22H25Cl2FN2/c1-21(2)22(15-9-11-16(25)12-10-15,26-19(23)20(24)27(21)3)18-13-8-14-6-4-5-7-17(14)18/h4-7,9-12,18-20,26H,8,13H2,1-3H3. The molecule has 2 nitrogen and oxygen atoms in total. The lowest BCUT2D eigenvalue weighted by Gasteiger charge is -2.61. The molecule has 4 unspecified atom stereocenters. The van der Waals surface area contributed by atoms with E-state index in [1.165, 1.54) is 23.3 Å². The molecule has 2 aromatic rings. The maximum absolute atomic E-state index is 13.7. The highest BCUT2D eigenvalue weighted by Gasteiger charge is 2.60. The van der Waals surface area contributed by atoms with E-state index in [4.69, 9.17) is 23.2 Å². The maximum atomic E-state index is 13.7. The number of nitrogens with one attached hydrogen (secondary N) is 1. The van der Waals surface area contributed by atoms with Crippen molar-refractivity contribution in [3.8, 4) is 0 Å². The molecule has 2 aromatic carbocycles. The summed E-state index contributed by atoms with van der Waals surface area (Å²) in [6.07, 6.45) is 2.04. The molecule has 27 heavy (non-hydrogen) atoms. The topological polar surface area (TPSA) is 15.3 Å². The van der Waals surface area contributed by atoms with Gasteiger partial charge in [0.25, 0.3) is 0 Å². The predicted octanol–water partition coefficient (Wildman–Crippen LogP) is 5.19. The second-order valence-electron chi connectivity index (χ2n) is 8.19. The van der Waals surface area contributed by atoms with Crippen LogP contribution in [0.5, 0.6) is 0 Å². The first kappa shape index (κ1) is 19.2. The average Bonchev–Trinajstić information content (AvgIpc) is 3.08. The molecule has 1 heterocycles. The summed E-state index contributed by atoms with van der Waals surface area (Å²) >= 11 is 13.3. The van der Waals surface area contributed by atoms with Crippen LogP contribution in [-0.2, 0) is 12.0 Å². The van der Waals surface area contributed by atoms with Crippen molar-refractivity contribution in [2.24, 2.45) is 0 Å². The normalized spacial score (nSPS) is 33.0. The minimum Gasteiger partial charge on any atom is -0.287 e. The highest BCUT2D eigenvalue weighted by atomic mass is 35.5. The Balaban J connectivity index is 1.95. The van der Waals surface area contributed by atoms with Crippen molar-refractivity contribution in [3.05, 3.63) is 71.0 Å². The van der Waals surface area contributed by atoms with Crippen molar-refractivity contribution in [1.82, 2.24) is 10.2 Å². The van der Waals surface area contributed by atoms with Crippen LogP contribution in [0.15, 0.2) is 48.5 Å². The second kappa shape index (κ2) is 6.73. The van der Waals surface area contributed by atoms with E-state index >= 15 is 0 Å². The van der Waals surface area contributed by atoms with Crippen LogP contribution in [0.1, 0.15) is 42.9 Å². The minimum atomic E-state index is -0.500. The Morgan fingerprint density at radius 2 is 1.74 bits per heavy atom. The lowest BCUT2D eigenvalue weighted by molar-refractivity contribution is -0.0340. The third-order valence-electron chi connectivity index (χ3n) is 6.78. The molecule has 1 saturated heterocycles. The van der Waals surface area contributed by atoms with E-state index in [-0.39, 0.29) is 22.8 Å². The van der Waals surface area contributed by atoms with Gasteiger partial charge in [0.1, 0.15) is 16.8 Å². The Morgan fingerprint density at radius 3 is 2.44 bits per heavy atom. The summed E-state index contributed by atoms with van der Waals surface area (Å²) in [5, 5.41) is 3.69. The van der Waals surface area contributed by atoms with E-state index in [0.717, 1.165) is 18.4 Å². The molecule has 0 aromatic heterocycles. The fourth-order valence-electron chi connectivity index (χ4n) is 5.13. The molecule has 0 spiro atoms. The third-order valence-corrected chi connectivity index (χ3v) is 7.80. The van der Waals surface area contributed by atoms with Gasteiger partial charge in [-0.05, 0) is 62.6 Å². The first-order chi connectivity index (χ1) is 12.8. The predicted molar refractivity (Wildman–Crippen MR) is 110 cm³/mol. The Hall–Kier alpha value is -1.13. The number of nitrogens with zero attached hydrogens (tertiary/aromatic N) is 1. The van der Waals surface area contributed by atoms with E-state index in [9.17, 15) is 4.39 Å². The molecule has 4 rings (SSSR count). The zero-order valence-corrected chi connectivity index (χ0v) is 17.4. The van der Waals surface area contributed by atoms with Crippen LogP contribution < -0.4 is 5.32 Å². The van der Waals surface area contributed by atoms with Crippen LogP contribution in [0, 0.1) is 5.82 Å². The van der Waals surface area contributed by atoms with Crippen LogP contribution >= 0.6 is 23.2 Å². The molecule has 0 radical (unpaired) electrons. The summed E-state index contributed by atoms with van der Waals surface area (Å²) in [7, 11) is 2.02. The van der Waals surface area contributed by atoms with E-state index in [2.05, 4.69) is 48.3 Å². The highest BCUT2D eigenvalue weighted by molar-refractivity contribution is 6.29. The van der Waals surface area contributed by atoms with E-state index in [1.54, 1.807) is 0 Å². The molecule has 144 valence electrons. The van der Waals surface area contributed by atoms with E-state index in [1.807, 2.05) is 19.2 Å². The summed E-state index contributed by atoms with van der Waals surface area (Å²) < 4.78 is 13.7. The van der Waals surface area contributed by atoms with Gasteiger partial charge < -0.3 is 0 Å². The zero-order valence-electron chi connectivity index (χ0n) is 15.8. The van der Waals surface area contributed by atoms with Gasteiger partial charge in [0.2, 0.25) is 0 Å². The van der Waals surface area contributed by atoms with Gasteiger partial charge in [0, 0.05) is 11.5 Å². The molecule has 0 saturated carbocycles. The lowest BCUT2D eigenvalue weighted by Crippen LogP contribution is -2.75. The molecule has 2 aliphatic rings.